The van der Waals surface area contributed by atoms with Crippen LogP contribution in [0.5, 0.6) is 0 Å². The van der Waals surface area contributed by atoms with Gasteiger partial charge in [0.1, 0.15) is 0 Å². The van der Waals surface area contributed by atoms with Crippen molar-refractivity contribution in [1.29, 1.82) is 0 Å². The van der Waals surface area contributed by atoms with E-state index < -0.39 is 0 Å². The topological polar surface area (TPSA) is 12.9 Å². The van der Waals surface area contributed by atoms with Gasteiger partial charge in [0.05, 0.1) is 11.0 Å². The quantitative estimate of drug-likeness (QED) is 0.247. The number of rotatable bonds is 1. The summed E-state index contributed by atoms with van der Waals surface area (Å²) in [6.45, 7) is 2.21. The molecule has 0 atom stereocenters. The first kappa shape index (κ1) is 16.7. The third-order valence-corrected chi connectivity index (χ3v) is 6.44. The lowest BCUT2D eigenvalue weighted by Crippen LogP contribution is -2.01. The van der Waals surface area contributed by atoms with E-state index in [-0.39, 0.29) is 0 Å². The minimum Gasteiger partial charge on any atom is -0.246 e. The van der Waals surface area contributed by atoms with Crippen LogP contribution in [0.2, 0.25) is 0 Å². The van der Waals surface area contributed by atoms with E-state index in [1.54, 1.807) is 0 Å². The molecule has 140 valence electrons. The van der Waals surface area contributed by atoms with Gasteiger partial charge in [-0.2, -0.15) is 0 Å². The van der Waals surface area contributed by atoms with Crippen LogP contribution in [0.1, 0.15) is 42.9 Å². The summed E-state index contributed by atoms with van der Waals surface area (Å²) in [4.78, 5) is 5.30. The van der Waals surface area contributed by atoms with E-state index >= 15 is 0 Å². The van der Waals surface area contributed by atoms with Crippen LogP contribution in [0, 0.1) is 0 Å². The molecule has 1 heterocycles. The highest BCUT2D eigenvalue weighted by Crippen LogP contribution is 2.40. The third kappa shape index (κ3) is 2.57. The van der Waals surface area contributed by atoms with Gasteiger partial charge in [0, 0.05) is 21.7 Å². The second kappa shape index (κ2) is 6.42. The normalized spacial score (nSPS) is 16.2. The van der Waals surface area contributed by atoms with Gasteiger partial charge >= 0.3 is 0 Å². The maximum atomic E-state index is 5.30. The molecule has 0 unspecified atom stereocenters. The summed E-state index contributed by atoms with van der Waals surface area (Å²) in [5.41, 5.74) is 9.21. The van der Waals surface area contributed by atoms with E-state index in [1.807, 2.05) is 0 Å². The van der Waals surface area contributed by atoms with Gasteiger partial charge in [0.15, 0.2) is 0 Å². The number of allylic oxidation sites excluding steroid dienone is 5. The van der Waals surface area contributed by atoms with Crippen molar-refractivity contribution >= 4 is 44.2 Å². The fourth-order valence-corrected chi connectivity index (χ4v) is 5.05. The van der Waals surface area contributed by atoms with E-state index in [2.05, 4.69) is 79.8 Å². The fraction of sp³-hybridized carbons (Fsp3) is 0.179. The van der Waals surface area contributed by atoms with Gasteiger partial charge in [-0.3, -0.25) is 0 Å². The number of aryl methyl sites for hydroxylation is 1. The van der Waals surface area contributed by atoms with Crippen LogP contribution in [-0.2, 0) is 6.42 Å². The lowest BCUT2D eigenvalue weighted by molar-refractivity contribution is 0.988. The number of nitrogens with zero attached hydrogens (tertiary/aromatic N) is 1. The lowest BCUT2D eigenvalue weighted by atomic mass is 9.86. The average Bonchev–Trinajstić information content (AvgIpc) is 2.77. The maximum Gasteiger partial charge on any atom is 0.0794 e. The van der Waals surface area contributed by atoms with Crippen molar-refractivity contribution in [1.82, 2.24) is 4.98 Å². The van der Waals surface area contributed by atoms with E-state index in [9.17, 15) is 0 Å². The average molecular weight is 373 g/mol. The number of pyridine rings is 1. The van der Waals surface area contributed by atoms with Crippen molar-refractivity contribution in [3.63, 3.8) is 0 Å². The molecule has 29 heavy (non-hydrogen) atoms. The van der Waals surface area contributed by atoms with Crippen molar-refractivity contribution < 1.29 is 0 Å². The number of aromatic nitrogens is 1. The minimum atomic E-state index is 1.09. The van der Waals surface area contributed by atoms with Gasteiger partial charge in [-0.1, -0.05) is 78.4 Å². The molecular formula is C28H23N. The molecule has 0 saturated carbocycles. The largest absolute Gasteiger partial charge is 0.246 e. The molecule has 1 nitrogen and oxygen atoms in total. The van der Waals surface area contributed by atoms with Crippen LogP contribution in [0.3, 0.4) is 0 Å². The second-order valence-electron chi connectivity index (χ2n) is 8.30. The fourth-order valence-electron chi connectivity index (χ4n) is 5.05. The van der Waals surface area contributed by atoms with E-state index in [4.69, 9.17) is 4.98 Å². The van der Waals surface area contributed by atoms with Crippen molar-refractivity contribution in [3.05, 3.63) is 89.0 Å². The Labute approximate surface area is 171 Å². The molecular weight excluding hydrogens is 350 g/mol. The zero-order valence-corrected chi connectivity index (χ0v) is 16.7. The molecule has 0 amide bonds. The van der Waals surface area contributed by atoms with Crippen molar-refractivity contribution in [3.8, 4) is 0 Å². The molecule has 0 aliphatic heterocycles. The van der Waals surface area contributed by atoms with Crippen LogP contribution < -0.4 is 0 Å². The summed E-state index contributed by atoms with van der Waals surface area (Å²) in [5, 5.41) is 5.07. The van der Waals surface area contributed by atoms with Crippen LogP contribution >= 0.6 is 0 Å². The Balaban J connectivity index is 1.83. The first-order valence-electron chi connectivity index (χ1n) is 10.6. The molecule has 0 saturated heterocycles. The first-order valence-corrected chi connectivity index (χ1v) is 10.6. The molecule has 4 aromatic rings. The second-order valence-corrected chi connectivity index (χ2v) is 8.30. The Hall–Kier alpha value is -3.19. The Morgan fingerprint density at radius 1 is 0.793 bits per heavy atom. The molecule has 2 aliphatic rings. The van der Waals surface area contributed by atoms with E-state index in [0.29, 0.717) is 0 Å². The Morgan fingerprint density at radius 2 is 1.66 bits per heavy atom. The number of hydrogen-bond donors (Lipinski definition) is 0. The van der Waals surface area contributed by atoms with Crippen LogP contribution in [0.4, 0.5) is 0 Å². The zero-order chi connectivity index (χ0) is 19.4. The van der Waals surface area contributed by atoms with Gasteiger partial charge in [-0.15, -0.1) is 0 Å². The van der Waals surface area contributed by atoms with Crippen LogP contribution in [0.25, 0.3) is 44.2 Å². The Bertz CT molecular complexity index is 1400. The minimum absolute atomic E-state index is 1.09. The van der Waals surface area contributed by atoms with Crippen molar-refractivity contribution in [2.24, 2.45) is 0 Å². The number of fused-ring (bicyclic) bond motifs is 6. The Morgan fingerprint density at radius 3 is 2.59 bits per heavy atom. The summed E-state index contributed by atoms with van der Waals surface area (Å²) >= 11 is 0. The number of hydrogen-bond acceptors (Lipinski definition) is 1. The molecule has 0 fully saturated rings. The molecule has 0 radical (unpaired) electrons. The van der Waals surface area contributed by atoms with Crippen molar-refractivity contribution in [2.75, 3.05) is 0 Å². The molecule has 1 heteroatoms. The summed E-state index contributed by atoms with van der Waals surface area (Å²) in [7, 11) is 0. The predicted molar refractivity (Wildman–Crippen MR) is 125 cm³/mol. The Kier molecular flexibility index (Phi) is 3.70. The molecule has 0 spiro atoms. The zero-order valence-electron chi connectivity index (χ0n) is 16.7. The molecule has 6 rings (SSSR count). The standard InChI is InChI=1S/C28H23N/c1-18-7-6-10-21(17-18)26-24-15-13-19-8-2-4-11-22(19)27(24)29-28-23-12-5-3-9-20(23)14-16-25(26)28/h2,4-5,7-8,11-17H,3,6,9-10H2,1H3. The summed E-state index contributed by atoms with van der Waals surface area (Å²) < 4.78 is 0. The third-order valence-electron chi connectivity index (χ3n) is 6.44. The van der Waals surface area contributed by atoms with E-state index in [0.717, 1.165) is 36.7 Å². The van der Waals surface area contributed by atoms with Gasteiger partial charge in [0.2, 0.25) is 0 Å². The van der Waals surface area contributed by atoms with Gasteiger partial charge < -0.3 is 0 Å². The van der Waals surface area contributed by atoms with Crippen LogP contribution in [0.15, 0.2) is 72.3 Å². The van der Waals surface area contributed by atoms with Gasteiger partial charge in [-0.25, -0.2) is 4.98 Å². The summed E-state index contributed by atoms with van der Waals surface area (Å²) in [6, 6.07) is 17.8. The SMILES string of the molecule is CC1=CCCC(c2c3ccc4c(c3nc3c2ccc2ccccc23)C=CCC4)=C1. The molecule has 0 bridgehead atoms. The van der Waals surface area contributed by atoms with Gasteiger partial charge in [-0.05, 0) is 54.7 Å². The maximum absolute atomic E-state index is 5.30. The molecule has 1 aromatic heterocycles. The summed E-state index contributed by atoms with van der Waals surface area (Å²) in [5.74, 6) is 0. The summed E-state index contributed by atoms with van der Waals surface area (Å²) in [6.07, 6.45) is 13.7. The first-order chi connectivity index (χ1) is 14.3. The smallest absolute Gasteiger partial charge is 0.0794 e. The van der Waals surface area contributed by atoms with Crippen molar-refractivity contribution in [2.45, 2.75) is 32.6 Å². The van der Waals surface area contributed by atoms with Gasteiger partial charge in [0.25, 0.3) is 0 Å². The molecule has 3 aromatic carbocycles. The van der Waals surface area contributed by atoms with E-state index in [1.165, 1.54) is 49.4 Å². The molecule has 0 N–H and O–H groups in total. The highest BCUT2D eigenvalue weighted by atomic mass is 14.7. The highest BCUT2D eigenvalue weighted by Gasteiger charge is 2.19. The van der Waals surface area contributed by atoms with Crippen LogP contribution in [-0.4, -0.2) is 4.98 Å². The molecule has 2 aliphatic carbocycles. The lowest BCUT2D eigenvalue weighted by Gasteiger charge is -2.20. The predicted octanol–water partition coefficient (Wildman–Crippen LogP) is 7.62. The number of benzene rings is 3. The monoisotopic (exact) mass is 373 g/mol. The highest BCUT2D eigenvalue weighted by molar-refractivity contribution is 6.15.